The first-order valence-electron chi connectivity index (χ1n) is 13.0. The van der Waals surface area contributed by atoms with Crippen molar-refractivity contribution in [1.82, 2.24) is 0 Å². The van der Waals surface area contributed by atoms with Crippen LogP contribution in [0.2, 0.25) is 0 Å². The van der Waals surface area contributed by atoms with Crippen LogP contribution < -0.4 is 14.7 Å². The van der Waals surface area contributed by atoms with Crippen molar-refractivity contribution in [3.63, 3.8) is 0 Å². The number of benzene rings is 2. The third-order valence-corrected chi connectivity index (χ3v) is 7.65. The van der Waals surface area contributed by atoms with Crippen LogP contribution in [-0.4, -0.2) is 47.6 Å². The van der Waals surface area contributed by atoms with Gasteiger partial charge < -0.3 is 24.9 Å². The van der Waals surface area contributed by atoms with Gasteiger partial charge in [-0.05, 0) is 55.2 Å². The highest BCUT2D eigenvalue weighted by molar-refractivity contribution is 6.08. The number of hydrogen-bond acceptors (Lipinski definition) is 5. The van der Waals surface area contributed by atoms with Crippen LogP contribution in [0.5, 0.6) is 0 Å². The Kier molecular flexibility index (Phi) is 6.88. The number of hydrogen-bond donors (Lipinski definition) is 2. The molecule has 2 aromatic carbocycles. The molecule has 3 heterocycles. The Morgan fingerprint density at radius 1 is 0.973 bits per heavy atom. The first-order chi connectivity index (χ1) is 17.8. The predicted molar refractivity (Wildman–Crippen MR) is 141 cm³/mol. The van der Waals surface area contributed by atoms with E-state index >= 15 is 0 Å². The summed E-state index contributed by atoms with van der Waals surface area (Å²) in [6.07, 6.45) is 6.59. The standard InChI is InChI=1S/C29H33N3O5/c1-20(7-2-3-16-33)29(37)24-18-23(31-15-6-11-27(31)35)12-13-25(24)32(28(29)36)19-21-8-4-9-22(17-21)30-14-5-10-26(30)34/h2,4,7-9,12-13,17-18,20,33,37H,3,5-6,10-11,14-16,19H2,1H3/b7-2+/t20-,29+/m1/s1. The van der Waals surface area contributed by atoms with Gasteiger partial charge in [-0.25, -0.2) is 0 Å². The van der Waals surface area contributed by atoms with Gasteiger partial charge in [0.2, 0.25) is 11.8 Å². The summed E-state index contributed by atoms with van der Waals surface area (Å²) in [6, 6.07) is 13.0. The van der Waals surface area contributed by atoms with Gasteiger partial charge in [0.25, 0.3) is 5.91 Å². The van der Waals surface area contributed by atoms with Crippen molar-refractivity contribution < 1.29 is 24.6 Å². The topological polar surface area (TPSA) is 101 Å². The molecule has 3 amide bonds. The molecule has 0 aliphatic carbocycles. The maximum Gasteiger partial charge on any atom is 0.264 e. The van der Waals surface area contributed by atoms with Crippen molar-refractivity contribution in [2.24, 2.45) is 5.92 Å². The molecule has 37 heavy (non-hydrogen) atoms. The molecule has 2 atom stereocenters. The molecule has 3 aliphatic rings. The molecule has 2 saturated heterocycles. The van der Waals surface area contributed by atoms with E-state index in [9.17, 15) is 24.6 Å². The molecular formula is C29H33N3O5. The van der Waals surface area contributed by atoms with Crippen molar-refractivity contribution in [2.75, 3.05) is 34.4 Å². The SMILES string of the molecule is C[C@H](/C=C/CCO)[C@@]1(O)C(=O)N(Cc2cccc(N3CCCC3=O)c2)c2ccc(N3CCCC3=O)cc21. The van der Waals surface area contributed by atoms with E-state index in [1.807, 2.05) is 36.4 Å². The third kappa shape index (κ3) is 4.45. The van der Waals surface area contributed by atoms with Crippen LogP contribution >= 0.6 is 0 Å². The van der Waals surface area contributed by atoms with E-state index in [4.69, 9.17) is 0 Å². The lowest BCUT2D eigenvalue weighted by Crippen LogP contribution is -2.44. The fourth-order valence-corrected chi connectivity index (χ4v) is 5.62. The van der Waals surface area contributed by atoms with E-state index in [0.717, 1.165) is 24.1 Å². The molecule has 0 unspecified atom stereocenters. The fraction of sp³-hybridized carbons (Fsp3) is 0.414. The lowest BCUT2D eigenvalue weighted by atomic mass is 9.82. The second kappa shape index (κ2) is 10.1. The van der Waals surface area contributed by atoms with E-state index in [0.29, 0.717) is 49.3 Å². The van der Waals surface area contributed by atoms with Crippen LogP contribution in [0.15, 0.2) is 54.6 Å². The molecule has 0 radical (unpaired) electrons. The number of rotatable bonds is 8. The number of aliphatic hydroxyl groups is 2. The molecule has 8 heteroatoms. The van der Waals surface area contributed by atoms with Gasteiger partial charge in [-0.1, -0.05) is 31.2 Å². The van der Waals surface area contributed by atoms with Crippen LogP contribution in [0.3, 0.4) is 0 Å². The van der Waals surface area contributed by atoms with E-state index < -0.39 is 17.4 Å². The van der Waals surface area contributed by atoms with Crippen LogP contribution in [0.25, 0.3) is 0 Å². The van der Waals surface area contributed by atoms with Crippen molar-refractivity contribution in [3.05, 3.63) is 65.7 Å². The molecule has 0 aromatic heterocycles. The van der Waals surface area contributed by atoms with Crippen molar-refractivity contribution in [3.8, 4) is 0 Å². The number of carbonyl (C=O) groups excluding carboxylic acids is 3. The Morgan fingerprint density at radius 3 is 2.27 bits per heavy atom. The minimum Gasteiger partial charge on any atom is -0.396 e. The molecule has 0 bridgehead atoms. The monoisotopic (exact) mass is 503 g/mol. The zero-order chi connectivity index (χ0) is 26.2. The summed E-state index contributed by atoms with van der Waals surface area (Å²) in [4.78, 5) is 43.6. The zero-order valence-corrected chi connectivity index (χ0v) is 21.1. The molecule has 2 fully saturated rings. The van der Waals surface area contributed by atoms with E-state index in [1.54, 1.807) is 39.8 Å². The summed E-state index contributed by atoms with van der Waals surface area (Å²) >= 11 is 0. The Balaban J connectivity index is 1.52. The smallest absolute Gasteiger partial charge is 0.264 e. The van der Waals surface area contributed by atoms with Gasteiger partial charge in [-0.3, -0.25) is 14.4 Å². The molecule has 5 rings (SSSR count). The number of fused-ring (bicyclic) bond motifs is 1. The minimum atomic E-state index is -1.82. The number of carbonyl (C=O) groups is 3. The van der Waals surface area contributed by atoms with E-state index in [-0.39, 0.29) is 25.0 Å². The maximum absolute atomic E-state index is 13.9. The summed E-state index contributed by atoms with van der Waals surface area (Å²) in [5.74, 6) is -0.861. The number of nitrogens with zero attached hydrogens (tertiary/aromatic N) is 3. The normalized spacial score (nSPS) is 22.6. The van der Waals surface area contributed by atoms with E-state index in [2.05, 4.69) is 0 Å². The van der Waals surface area contributed by atoms with Crippen LogP contribution in [-0.2, 0) is 26.5 Å². The van der Waals surface area contributed by atoms with Crippen LogP contribution in [0, 0.1) is 5.92 Å². The molecular weight excluding hydrogens is 470 g/mol. The van der Waals surface area contributed by atoms with Gasteiger partial charge in [0.1, 0.15) is 0 Å². The average molecular weight is 504 g/mol. The average Bonchev–Trinajstić information content (AvgIpc) is 3.58. The number of anilines is 3. The summed E-state index contributed by atoms with van der Waals surface area (Å²) in [5.41, 5.74) is 1.60. The second-order valence-electron chi connectivity index (χ2n) is 10.1. The van der Waals surface area contributed by atoms with Gasteiger partial charge in [-0.2, -0.15) is 0 Å². The Bertz CT molecular complexity index is 1260. The highest BCUT2D eigenvalue weighted by Crippen LogP contribution is 2.47. The van der Waals surface area contributed by atoms with Crippen molar-refractivity contribution in [1.29, 1.82) is 0 Å². The summed E-state index contributed by atoms with van der Waals surface area (Å²) in [5, 5.41) is 21.1. The molecule has 2 aromatic rings. The molecule has 8 nitrogen and oxygen atoms in total. The molecule has 0 saturated carbocycles. The summed E-state index contributed by atoms with van der Waals surface area (Å²) < 4.78 is 0. The van der Waals surface area contributed by atoms with Crippen LogP contribution in [0.4, 0.5) is 17.1 Å². The predicted octanol–water partition coefficient (Wildman–Crippen LogP) is 3.25. The number of amides is 3. The Labute approximate surface area is 216 Å². The summed E-state index contributed by atoms with van der Waals surface area (Å²) in [6.45, 7) is 3.30. The first-order valence-corrected chi connectivity index (χ1v) is 13.0. The maximum atomic E-state index is 13.9. The van der Waals surface area contributed by atoms with E-state index in [1.165, 1.54) is 0 Å². The minimum absolute atomic E-state index is 0.0185. The lowest BCUT2D eigenvalue weighted by Gasteiger charge is -2.28. The summed E-state index contributed by atoms with van der Waals surface area (Å²) in [7, 11) is 0. The molecule has 0 spiro atoms. The highest BCUT2D eigenvalue weighted by Gasteiger charge is 2.52. The largest absolute Gasteiger partial charge is 0.396 e. The van der Waals surface area contributed by atoms with Crippen molar-refractivity contribution >= 4 is 34.8 Å². The van der Waals surface area contributed by atoms with Gasteiger partial charge >= 0.3 is 0 Å². The quantitative estimate of drug-likeness (QED) is 0.539. The first kappa shape index (κ1) is 25.2. The lowest BCUT2D eigenvalue weighted by molar-refractivity contribution is -0.139. The molecule has 194 valence electrons. The molecule has 3 aliphatic heterocycles. The Hall–Kier alpha value is -3.49. The Morgan fingerprint density at radius 2 is 1.65 bits per heavy atom. The molecule has 2 N–H and O–H groups in total. The van der Waals surface area contributed by atoms with Crippen molar-refractivity contribution in [2.45, 2.75) is 51.2 Å². The second-order valence-corrected chi connectivity index (χ2v) is 10.1. The van der Waals surface area contributed by atoms with Gasteiger partial charge in [0.15, 0.2) is 5.60 Å². The zero-order valence-electron chi connectivity index (χ0n) is 21.1. The van der Waals surface area contributed by atoms with Gasteiger partial charge in [0.05, 0.1) is 12.2 Å². The fourth-order valence-electron chi connectivity index (χ4n) is 5.62. The van der Waals surface area contributed by atoms with Gasteiger partial charge in [0, 0.05) is 55.4 Å². The van der Waals surface area contributed by atoms with Crippen LogP contribution in [0.1, 0.15) is 50.2 Å². The highest BCUT2D eigenvalue weighted by atomic mass is 16.3. The van der Waals surface area contributed by atoms with Gasteiger partial charge in [-0.15, -0.1) is 0 Å². The number of aliphatic hydroxyl groups excluding tert-OH is 1. The third-order valence-electron chi connectivity index (χ3n) is 7.65.